The van der Waals surface area contributed by atoms with Crippen molar-refractivity contribution in [3.8, 4) is 0 Å². The van der Waals surface area contributed by atoms with Gasteiger partial charge in [0.25, 0.3) is 6.43 Å². The Morgan fingerprint density at radius 1 is 1.64 bits per heavy atom. The molecule has 1 aromatic heterocycles. The van der Waals surface area contributed by atoms with Crippen molar-refractivity contribution in [3.63, 3.8) is 0 Å². The van der Waals surface area contributed by atoms with E-state index >= 15 is 0 Å². The zero-order chi connectivity index (χ0) is 10.7. The van der Waals surface area contributed by atoms with Crippen LogP contribution in [-0.4, -0.2) is 11.3 Å². The molecule has 0 unspecified atom stereocenters. The minimum atomic E-state index is -2.70. The van der Waals surface area contributed by atoms with Gasteiger partial charge in [0.05, 0.1) is 5.88 Å². The third kappa shape index (κ3) is 2.27. The first-order chi connectivity index (χ1) is 6.60. The van der Waals surface area contributed by atoms with Gasteiger partial charge in [-0.15, -0.1) is 11.6 Å². The minimum Gasteiger partial charge on any atom is -0.296 e. The van der Waals surface area contributed by atoms with Gasteiger partial charge in [-0.1, -0.05) is 15.9 Å². The van der Waals surface area contributed by atoms with Gasteiger partial charge in [0.15, 0.2) is 6.29 Å². The number of aldehydes is 1. The van der Waals surface area contributed by atoms with Crippen LogP contribution >= 0.6 is 27.5 Å². The minimum absolute atomic E-state index is 0.0468. The standard InChI is InChI=1S/C8H5BrClF2NO/c9-5-1-6(8(11)12)13-7(3-14)4(5)2-10/h1,3,8H,2H2. The van der Waals surface area contributed by atoms with Gasteiger partial charge in [-0.05, 0) is 6.07 Å². The number of carbonyl (C=O) groups excluding carboxylic acids is 1. The predicted molar refractivity (Wildman–Crippen MR) is 51.8 cm³/mol. The van der Waals surface area contributed by atoms with Crippen molar-refractivity contribution >= 4 is 33.8 Å². The second-order valence-electron chi connectivity index (χ2n) is 2.44. The molecule has 0 saturated heterocycles. The van der Waals surface area contributed by atoms with Crippen molar-refractivity contribution in [1.82, 2.24) is 4.98 Å². The Bertz CT molecular complexity index is 359. The van der Waals surface area contributed by atoms with Crippen LogP contribution in [-0.2, 0) is 5.88 Å². The lowest BCUT2D eigenvalue weighted by Crippen LogP contribution is -2.01. The summed E-state index contributed by atoms with van der Waals surface area (Å²) in [5, 5.41) is 0. The second kappa shape index (κ2) is 4.79. The molecule has 1 aromatic rings. The number of alkyl halides is 3. The average molecular weight is 284 g/mol. The normalized spacial score (nSPS) is 10.6. The monoisotopic (exact) mass is 283 g/mol. The largest absolute Gasteiger partial charge is 0.296 e. The third-order valence-electron chi connectivity index (χ3n) is 1.59. The highest BCUT2D eigenvalue weighted by atomic mass is 79.9. The van der Waals surface area contributed by atoms with Gasteiger partial charge in [-0.2, -0.15) is 0 Å². The van der Waals surface area contributed by atoms with E-state index < -0.39 is 12.1 Å². The van der Waals surface area contributed by atoms with E-state index in [2.05, 4.69) is 20.9 Å². The summed E-state index contributed by atoms with van der Waals surface area (Å²) in [5.74, 6) is 0.0468. The smallest absolute Gasteiger partial charge is 0.280 e. The van der Waals surface area contributed by atoms with Gasteiger partial charge >= 0.3 is 0 Å². The maximum atomic E-state index is 12.3. The molecule has 76 valence electrons. The number of carbonyl (C=O) groups is 1. The summed E-state index contributed by atoms with van der Waals surface area (Å²) in [6.45, 7) is 0. The lowest BCUT2D eigenvalue weighted by atomic mass is 10.2. The number of halogens is 4. The summed E-state index contributed by atoms with van der Waals surface area (Å²) in [6.07, 6.45) is -2.29. The van der Waals surface area contributed by atoms with Crippen molar-refractivity contribution in [2.45, 2.75) is 12.3 Å². The van der Waals surface area contributed by atoms with Crippen molar-refractivity contribution < 1.29 is 13.6 Å². The van der Waals surface area contributed by atoms with Crippen molar-refractivity contribution in [3.05, 3.63) is 27.5 Å². The zero-order valence-electron chi connectivity index (χ0n) is 6.81. The molecule has 0 spiro atoms. The van der Waals surface area contributed by atoms with Crippen LogP contribution in [0, 0.1) is 0 Å². The molecule has 0 saturated carbocycles. The molecule has 0 radical (unpaired) electrons. The van der Waals surface area contributed by atoms with Gasteiger partial charge < -0.3 is 0 Å². The van der Waals surface area contributed by atoms with Crippen LogP contribution in [0.5, 0.6) is 0 Å². The fraction of sp³-hybridized carbons (Fsp3) is 0.250. The number of rotatable bonds is 3. The van der Waals surface area contributed by atoms with Gasteiger partial charge in [-0.3, -0.25) is 4.79 Å². The van der Waals surface area contributed by atoms with Crippen LogP contribution in [0.15, 0.2) is 10.5 Å². The highest BCUT2D eigenvalue weighted by Crippen LogP contribution is 2.26. The topological polar surface area (TPSA) is 30.0 Å². The van der Waals surface area contributed by atoms with Crippen LogP contribution < -0.4 is 0 Å². The van der Waals surface area contributed by atoms with Gasteiger partial charge in [0.1, 0.15) is 11.4 Å². The van der Waals surface area contributed by atoms with E-state index in [1.165, 1.54) is 0 Å². The molecule has 14 heavy (non-hydrogen) atoms. The average Bonchev–Trinajstić information content (AvgIpc) is 2.16. The highest BCUT2D eigenvalue weighted by molar-refractivity contribution is 9.10. The first kappa shape index (κ1) is 11.5. The predicted octanol–water partition coefficient (Wildman–Crippen LogP) is 3.33. The third-order valence-corrected chi connectivity index (χ3v) is 2.57. The number of pyridine rings is 1. The summed E-state index contributed by atoms with van der Waals surface area (Å²) in [5.41, 5.74) is -0.0661. The molecule has 0 N–H and O–H groups in total. The van der Waals surface area contributed by atoms with Gasteiger partial charge in [0, 0.05) is 10.0 Å². The molecular formula is C8H5BrClF2NO. The maximum absolute atomic E-state index is 12.3. The fourth-order valence-corrected chi connectivity index (χ4v) is 1.94. The Kier molecular flexibility index (Phi) is 3.95. The Balaban J connectivity index is 3.31. The van der Waals surface area contributed by atoms with Crippen molar-refractivity contribution in [2.75, 3.05) is 0 Å². The van der Waals surface area contributed by atoms with E-state index in [9.17, 15) is 13.6 Å². The van der Waals surface area contributed by atoms with E-state index in [1.807, 2.05) is 0 Å². The molecule has 6 heteroatoms. The summed E-state index contributed by atoms with van der Waals surface area (Å²) >= 11 is 8.58. The Morgan fingerprint density at radius 2 is 2.29 bits per heavy atom. The van der Waals surface area contributed by atoms with Crippen LogP contribution in [0.1, 0.15) is 28.2 Å². The zero-order valence-corrected chi connectivity index (χ0v) is 9.15. The summed E-state index contributed by atoms with van der Waals surface area (Å²) in [7, 11) is 0. The number of aromatic nitrogens is 1. The number of hydrogen-bond donors (Lipinski definition) is 0. The molecular weight excluding hydrogens is 279 g/mol. The molecule has 0 aliphatic rings. The fourth-order valence-electron chi connectivity index (χ4n) is 0.920. The van der Waals surface area contributed by atoms with E-state index in [4.69, 9.17) is 11.6 Å². The molecule has 0 aliphatic carbocycles. The second-order valence-corrected chi connectivity index (χ2v) is 3.57. The molecule has 1 heterocycles. The van der Waals surface area contributed by atoms with E-state index in [0.29, 0.717) is 16.3 Å². The SMILES string of the molecule is O=Cc1nc(C(F)F)cc(Br)c1CCl. The van der Waals surface area contributed by atoms with Crippen LogP contribution in [0.2, 0.25) is 0 Å². The lowest BCUT2D eigenvalue weighted by molar-refractivity contribution is 0.111. The molecule has 0 fully saturated rings. The summed E-state index contributed by atoms with van der Waals surface area (Å²) in [6, 6.07) is 1.16. The van der Waals surface area contributed by atoms with Crippen molar-refractivity contribution in [1.29, 1.82) is 0 Å². The van der Waals surface area contributed by atoms with E-state index in [0.717, 1.165) is 6.07 Å². The van der Waals surface area contributed by atoms with E-state index in [1.54, 1.807) is 0 Å². The molecule has 0 amide bonds. The van der Waals surface area contributed by atoms with Crippen molar-refractivity contribution in [2.24, 2.45) is 0 Å². The lowest BCUT2D eigenvalue weighted by Gasteiger charge is -2.06. The molecule has 1 rings (SSSR count). The highest BCUT2D eigenvalue weighted by Gasteiger charge is 2.15. The molecule has 2 nitrogen and oxygen atoms in total. The maximum Gasteiger partial charge on any atom is 0.280 e. The quantitative estimate of drug-likeness (QED) is 0.629. The van der Waals surface area contributed by atoms with Crippen LogP contribution in [0.25, 0.3) is 0 Å². The van der Waals surface area contributed by atoms with Gasteiger partial charge in [-0.25, -0.2) is 13.8 Å². The van der Waals surface area contributed by atoms with E-state index in [-0.39, 0.29) is 11.6 Å². The molecule has 0 bridgehead atoms. The van der Waals surface area contributed by atoms with Crippen LogP contribution in [0.4, 0.5) is 8.78 Å². The van der Waals surface area contributed by atoms with Crippen LogP contribution in [0.3, 0.4) is 0 Å². The molecule has 0 aliphatic heterocycles. The first-order valence-corrected chi connectivity index (χ1v) is 4.91. The first-order valence-electron chi connectivity index (χ1n) is 3.58. The Hall–Kier alpha value is -0.550. The Labute approximate surface area is 92.4 Å². The number of hydrogen-bond acceptors (Lipinski definition) is 2. The molecule has 0 aromatic carbocycles. The van der Waals surface area contributed by atoms with Gasteiger partial charge in [0.2, 0.25) is 0 Å². The number of nitrogens with zero attached hydrogens (tertiary/aromatic N) is 1. The summed E-state index contributed by atoms with van der Waals surface area (Å²) < 4.78 is 24.9. The Morgan fingerprint density at radius 3 is 2.71 bits per heavy atom. The summed E-state index contributed by atoms with van der Waals surface area (Å²) in [4.78, 5) is 14.0. The molecule has 0 atom stereocenters.